The summed E-state index contributed by atoms with van der Waals surface area (Å²) in [7, 11) is 0. The Labute approximate surface area is 137 Å². The number of nitriles is 1. The highest BCUT2D eigenvalue weighted by Crippen LogP contribution is 2.15. The predicted molar refractivity (Wildman–Crippen MR) is 89.2 cm³/mol. The Hall–Kier alpha value is -2.98. The van der Waals surface area contributed by atoms with E-state index in [1.54, 1.807) is 24.3 Å². The topological polar surface area (TPSA) is 94.9 Å². The van der Waals surface area contributed by atoms with Gasteiger partial charge in [-0.3, -0.25) is 9.59 Å². The summed E-state index contributed by atoms with van der Waals surface area (Å²) in [5.41, 5.74) is 1.85. The Morgan fingerprint density at radius 1 is 1.30 bits per heavy atom. The highest BCUT2D eigenvalue weighted by molar-refractivity contribution is 7.13. The molecule has 0 radical (unpaired) electrons. The smallest absolute Gasteiger partial charge is 0.267 e. The third-order valence-electron chi connectivity index (χ3n) is 2.87. The summed E-state index contributed by atoms with van der Waals surface area (Å²) in [5.74, 6) is -0.590. The highest BCUT2D eigenvalue weighted by Gasteiger charge is 2.10. The molecule has 0 aliphatic heterocycles. The monoisotopic (exact) mass is 326 g/mol. The first-order chi connectivity index (χ1) is 11.0. The van der Waals surface area contributed by atoms with Crippen molar-refractivity contribution in [1.29, 1.82) is 5.26 Å². The van der Waals surface area contributed by atoms with Gasteiger partial charge in [-0.2, -0.15) is 5.26 Å². The van der Waals surface area contributed by atoms with Crippen LogP contribution in [0.5, 0.6) is 0 Å². The van der Waals surface area contributed by atoms with Gasteiger partial charge < -0.3 is 10.6 Å². The second-order valence-corrected chi connectivity index (χ2v) is 5.55. The first-order valence-corrected chi connectivity index (χ1v) is 7.59. The van der Waals surface area contributed by atoms with Gasteiger partial charge in [0, 0.05) is 22.8 Å². The molecule has 0 fully saturated rings. The van der Waals surface area contributed by atoms with E-state index in [1.807, 2.05) is 18.4 Å². The molecular weight excluding hydrogens is 312 g/mol. The molecule has 0 unspecified atom stereocenters. The second kappa shape index (κ2) is 7.33. The lowest BCUT2D eigenvalue weighted by atomic mass is 10.1. The largest absolute Gasteiger partial charge is 0.337 e. The average molecular weight is 326 g/mol. The van der Waals surface area contributed by atoms with Crippen LogP contribution in [0.4, 0.5) is 10.8 Å². The van der Waals surface area contributed by atoms with Crippen LogP contribution < -0.4 is 10.6 Å². The van der Waals surface area contributed by atoms with Crippen LogP contribution >= 0.6 is 11.3 Å². The fraction of sp³-hybridized carbons (Fsp3) is 0.125. The van der Waals surface area contributed by atoms with Crippen molar-refractivity contribution < 1.29 is 9.59 Å². The summed E-state index contributed by atoms with van der Waals surface area (Å²) >= 11 is 1.38. The second-order valence-electron chi connectivity index (χ2n) is 4.70. The van der Waals surface area contributed by atoms with E-state index in [0.717, 1.165) is 5.69 Å². The number of nitrogens with zero attached hydrogens (tertiary/aromatic N) is 2. The fourth-order valence-electron chi connectivity index (χ4n) is 1.69. The van der Waals surface area contributed by atoms with Gasteiger partial charge in [0.25, 0.3) is 5.91 Å². The number of benzene rings is 1. The molecule has 0 spiro atoms. The van der Waals surface area contributed by atoms with Crippen molar-refractivity contribution >= 4 is 33.8 Å². The fourth-order valence-corrected chi connectivity index (χ4v) is 2.35. The summed E-state index contributed by atoms with van der Waals surface area (Å²) in [6.45, 7) is 3.32. The first kappa shape index (κ1) is 16.4. The molecule has 7 heteroatoms. The number of aryl methyl sites for hydroxylation is 1. The van der Waals surface area contributed by atoms with Crippen LogP contribution in [0.1, 0.15) is 23.0 Å². The maximum Gasteiger partial charge on any atom is 0.267 e. The SMILES string of the molecule is CC(=O)c1ccc(NC(=O)/C(C#N)=C\Nc2nc(C)cs2)cc1. The number of hydrogen-bond acceptors (Lipinski definition) is 6. The van der Waals surface area contributed by atoms with Crippen molar-refractivity contribution in [2.45, 2.75) is 13.8 Å². The van der Waals surface area contributed by atoms with Crippen molar-refractivity contribution in [1.82, 2.24) is 4.98 Å². The van der Waals surface area contributed by atoms with Crippen LogP contribution in [0.3, 0.4) is 0 Å². The van der Waals surface area contributed by atoms with E-state index >= 15 is 0 Å². The quantitative estimate of drug-likeness (QED) is 0.500. The number of aromatic nitrogens is 1. The number of Topliss-reactive ketones (excluding diaryl/α,β-unsaturated/α-hetero) is 1. The molecule has 6 nitrogen and oxygen atoms in total. The Bertz CT molecular complexity index is 800. The molecule has 2 N–H and O–H groups in total. The Morgan fingerprint density at radius 2 is 2.00 bits per heavy atom. The number of anilines is 2. The third-order valence-corrected chi connectivity index (χ3v) is 3.76. The minimum atomic E-state index is -0.538. The van der Waals surface area contributed by atoms with Crippen molar-refractivity contribution in [3.63, 3.8) is 0 Å². The van der Waals surface area contributed by atoms with E-state index in [-0.39, 0.29) is 11.4 Å². The molecule has 1 amide bonds. The van der Waals surface area contributed by atoms with Gasteiger partial charge >= 0.3 is 0 Å². The Morgan fingerprint density at radius 3 is 2.52 bits per heavy atom. The molecule has 0 saturated heterocycles. The molecule has 2 aromatic rings. The molecule has 23 heavy (non-hydrogen) atoms. The number of ketones is 1. The van der Waals surface area contributed by atoms with Crippen molar-refractivity contribution in [2.75, 3.05) is 10.6 Å². The summed E-state index contributed by atoms with van der Waals surface area (Å²) in [6.07, 6.45) is 1.32. The average Bonchev–Trinajstić information content (AvgIpc) is 2.94. The molecule has 116 valence electrons. The van der Waals surface area contributed by atoms with Crippen LogP contribution in [0, 0.1) is 18.3 Å². The lowest BCUT2D eigenvalue weighted by Gasteiger charge is -2.05. The molecule has 0 aliphatic carbocycles. The number of carbonyl (C=O) groups is 2. The standard InChI is InChI=1S/C16H14N4O2S/c1-10-9-23-16(19-10)18-8-13(7-17)15(22)20-14-5-3-12(4-6-14)11(2)21/h3-6,8-9H,1-2H3,(H,18,19)(H,20,22)/b13-8-. The number of nitrogens with one attached hydrogen (secondary N) is 2. The first-order valence-electron chi connectivity index (χ1n) is 6.71. The van der Waals surface area contributed by atoms with Gasteiger partial charge in [0.05, 0.1) is 5.69 Å². The van der Waals surface area contributed by atoms with Gasteiger partial charge in [-0.25, -0.2) is 4.98 Å². The lowest BCUT2D eigenvalue weighted by molar-refractivity contribution is -0.112. The van der Waals surface area contributed by atoms with Crippen LogP contribution in [0.2, 0.25) is 0 Å². The Balaban J connectivity index is 2.05. The zero-order chi connectivity index (χ0) is 16.8. The van der Waals surface area contributed by atoms with Gasteiger partial charge in [-0.05, 0) is 38.1 Å². The zero-order valence-corrected chi connectivity index (χ0v) is 13.4. The van der Waals surface area contributed by atoms with Crippen LogP contribution in [0.15, 0.2) is 41.4 Å². The van der Waals surface area contributed by atoms with Crippen LogP contribution in [0.25, 0.3) is 0 Å². The molecule has 0 atom stereocenters. The highest BCUT2D eigenvalue weighted by atomic mass is 32.1. The summed E-state index contributed by atoms with van der Waals surface area (Å²) < 4.78 is 0. The van der Waals surface area contributed by atoms with Gasteiger partial charge in [0.1, 0.15) is 11.6 Å². The lowest BCUT2D eigenvalue weighted by Crippen LogP contribution is -2.14. The normalized spacial score (nSPS) is 10.7. The molecule has 1 heterocycles. The molecule has 1 aromatic heterocycles. The maximum atomic E-state index is 12.1. The zero-order valence-electron chi connectivity index (χ0n) is 12.6. The van der Waals surface area contributed by atoms with Crippen molar-refractivity contribution in [3.8, 4) is 6.07 Å². The van der Waals surface area contributed by atoms with Gasteiger partial charge in [-0.15, -0.1) is 11.3 Å². The predicted octanol–water partition coefficient (Wildman–Crippen LogP) is 3.11. The van der Waals surface area contributed by atoms with Crippen molar-refractivity contribution in [3.05, 3.63) is 52.7 Å². The van der Waals surface area contributed by atoms with Crippen LogP contribution in [-0.4, -0.2) is 16.7 Å². The number of carbonyl (C=O) groups excluding carboxylic acids is 2. The van der Waals surface area contributed by atoms with E-state index in [0.29, 0.717) is 16.4 Å². The number of rotatable bonds is 5. The molecular formula is C16H14N4O2S. The summed E-state index contributed by atoms with van der Waals surface area (Å²) in [6, 6.07) is 8.29. The maximum absolute atomic E-state index is 12.1. The summed E-state index contributed by atoms with van der Waals surface area (Å²) in [5, 5.41) is 17.0. The van der Waals surface area contributed by atoms with E-state index in [4.69, 9.17) is 5.26 Å². The third kappa shape index (κ3) is 4.49. The molecule has 0 bridgehead atoms. The van der Waals surface area contributed by atoms with E-state index in [1.165, 1.54) is 24.5 Å². The number of amides is 1. The van der Waals surface area contributed by atoms with Gasteiger partial charge in [-0.1, -0.05) is 0 Å². The van der Waals surface area contributed by atoms with Gasteiger partial charge in [0.2, 0.25) is 0 Å². The molecule has 2 rings (SSSR count). The van der Waals surface area contributed by atoms with Crippen LogP contribution in [-0.2, 0) is 4.79 Å². The Kier molecular flexibility index (Phi) is 5.23. The van der Waals surface area contributed by atoms with E-state index < -0.39 is 5.91 Å². The summed E-state index contributed by atoms with van der Waals surface area (Å²) in [4.78, 5) is 27.4. The molecule has 0 aliphatic rings. The minimum Gasteiger partial charge on any atom is -0.337 e. The van der Waals surface area contributed by atoms with E-state index in [9.17, 15) is 9.59 Å². The van der Waals surface area contributed by atoms with Gasteiger partial charge in [0.15, 0.2) is 10.9 Å². The van der Waals surface area contributed by atoms with E-state index in [2.05, 4.69) is 15.6 Å². The van der Waals surface area contributed by atoms with Crippen molar-refractivity contribution in [2.24, 2.45) is 0 Å². The minimum absolute atomic E-state index is 0.0524. The molecule has 1 aromatic carbocycles. The molecule has 0 saturated carbocycles. The number of thiazole rings is 1. The number of hydrogen-bond donors (Lipinski definition) is 2.